The van der Waals surface area contributed by atoms with Crippen LogP contribution in [-0.2, 0) is 0 Å². The van der Waals surface area contributed by atoms with E-state index in [1.807, 2.05) is 24.3 Å². The van der Waals surface area contributed by atoms with Gasteiger partial charge in [0.2, 0.25) is 0 Å². The third-order valence-electron chi connectivity index (χ3n) is 1.79. The molecule has 0 aliphatic rings. The smallest absolute Gasteiger partial charge is 0.149 e. The van der Waals surface area contributed by atoms with Gasteiger partial charge in [-0.1, -0.05) is 15.9 Å². The Morgan fingerprint density at radius 2 is 1.80 bits per heavy atom. The molecular weight excluding hydrogens is 256 g/mol. The van der Waals surface area contributed by atoms with Crippen molar-refractivity contribution in [3.8, 4) is 0 Å². The van der Waals surface area contributed by atoms with E-state index in [-0.39, 0.29) is 0 Å². The molecule has 0 unspecified atom stereocenters. The van der Waals surface area contributed by atoms with Gasteiger partial charge in [-0.15, -0.1) is 0 Å². The number of benzene rings is 1. The molecule has 2 rings (SSSR count). The maximum atomic E-state index is 5.43. The molecular formula is C10H9BrN4. The number of nitrogen functional groups attached to an aromatic ring is 1. The van der Waals surface area contributed by atoms with Gasteiger partial charge in [0.25, 0.3) is 0 Å². The second kappa shape index (κ2) is 4.27. The second-order valence-corrected chi connectivity index (χ2v) is 3.87. The third kappa shape index (κ3) is 2.66. The molecule has 0 spiro atoms. The zero-order chi connectivity index (χ0) is 10.7. The minimum Gasteiger partial charge on any atom is -0.382 e. The number of hydrogen-bond acceptors (Lipinski definition) is 4. The normalized spacial score (nSPS) is 9.93. The lowest BCUT2D eigenvalue weighted by molar-refractivity contribution is 1.21. The topological polar surface area (TPSA) is 63.8 Å². The van der Waals surface area contributed by atoms with Crippen molar-refractivity contribution in [3.63, 3.8) is 0 Å². The average molecular weight is 265 g/mol. The summed E-state index contributed by atoms with van der Waals surface area (Å²) in [6.45, 7) is 0. The number of nitrogens with two attached hydrogens (primary N) is 1. The number of nitrogens with one attached hydrogen (secondary N) is 1. The highest BCUT2D eigenvalue weighted by Crippen LogP contribution is 2.17. The first-order valence-corrected chi connectivity index (χ1v) is 5.13. The first-order chi connectivity index (χ1) is 7.24. The predicted molar refractivity (Wildman–Crippen MR) is 63.9 cm³/mol. The van der Waals surface area contributed by atoms with E-state index in [0.717, 1.165) is 10.2 Å². The Balaban J connectivity index is 2.15. The van der Waals surface area contributed by atoms with Gasteiger partial charge in [-0.2, -0.15) is 0 Å². The van der Waals surface area contributed by atoms with E-state index in [2.05, 4.69) is 31.2 Å². The van der Waals surface area contributed by atoms with Crippen LogP contribution in [0.2, 0.25) is 0 Å². The van der Waals surface area contributed by atoms with Crippen molar-refractivity contribution in [1.82, 2.24) is 9.97 Å². The van der Waals surface area contributed by atoms with Crippen LogP contribution in [0.3, 0.4) is 0 Å². The minimum atomic E-state index is 0.413. The standard InChI is InChI=1S/C10H9BrN4/c11-7-1-3-8(4-2-7)15-10-6-13-9(12)5-14-10/h1-6H,(H2,12,13)(H,14,15). The van der Waals surface area contributed by atoms with Crippen LogP contribution in [0.4, 0.5) is 17.3 Å². The molecule has 76 valence electrons. The molecule has 0 aliphatic carbocycles. The summed E-state index contributed by atoms with van der Waals surface area (Å²) in [6, 6.07) is 7.80. The summed E-state index contributed by atoms with van der Waals surface area (Å²) in [5, 5.41) is 3.11. The van der Waals surface area contributed by atoms with Gasteiger partial charge in [0.1, 0.15) is 11.6 Å². The third-order valence-corrected chi connectivity index (χ3v) is 2.32. The van der Waals surface area contributed by atoms with Crippen LogP contribution in [0.25, 0.3) is 0 Å². The van der Waals surface area contributed by atoms with Crippen LogP contribution in [0.15, 0.2) is 41.1 Å². The largest absolute Gasteiger partial charge is 0.382 e. The van der Waals surface area contributed by atoms with Gasteiger partial charge in [-0.05, 0) is 24.3 Å². The van der Waals surface area contributed by atoms with Crippen LogP contribution in [0, 0.1) is 0 Å². The number of halogens is 1. The summed E-state index contributed by atoms with van der Waals surface area (Å²) in [6.07, 6.45) is 3.11. The van der Waals surface area contributed by atoms with E-state index < -0.39 is 0 Å². The molecule has 1 heterocycles. The van der Waals surface area contributed by atoms with E-state index in [9.17, 15) is 0 Å². The zero-order valence-corrected chi connectivity index (χ0v) is 9.40. The van der Waals surface area contributed by atoms with Crippen LogP contribution in [0.5, 0.6) is 0 Å². The van der Waals surface area contributed by atoms with Crippen molar-refractivity contribution >= 4 is 33.3 Å². The highest BCUT2D eigenvalue weighted by atomic mass is 79.9. The molecule has 5 heteroatoms. The van der Waals surface area contributed by atoms with Crippen molar-refractivity contribution in [2.24, 2.45) is 0 Å². The van der Waals surface area contributed by atoms with E-state index in [1.54, 1.807) is 6.20 Å². The Morgan fingerprint density at radius 3 is 2.40 bits per heavy atom. The number of hydrogen-bond donors (Lipinski definition) is 2. The molecule has 0 aliphatic heterocycles. The van der Waals surface area contributed by atoms with Gasteiger partial charge >= 0.3 is 0 Å². The lowest BCUT2D eigenvalue weighted by Gasteiger charge is -2.04. The highest BCUT2D eigenvalue weighted by Gasteiger charge is 1.96. The molecule has 0 radical (unpaired) electrons. The van der Waals surface area contributed by atoms with Gasteiger partial charge in [0, 0.05) is 10.2 Å². The van der Waals surface area contributed by atoms with Gasteiger partial charge in [-0.25, -0.2) is 9.97 Å². The average Bonchev–Trinajstić information content (AvgIpc) is 2.25. The van der Waals surface area contributed by atoms with E-state index in [4.69, 9.17) is 5.73 Å². The lowest BCUT2D eigenvalue weighted by atomic mass is 10.3. The first kappa shape index (κ1) is 9.92. The first-order valence-electron chi connectivity index (χ1n) is 4.34. The molecule has 4 nitrogen and oxygen atoms in total. The molecule has 15 heavy (non-hydrogen) atoms. The molecule has 0 saturated heterocycles. The zero-order valence-electron chi connectivity index (χ0n) is 7.81. The van der Waals surface area contributed by atoms with Crippen molar-refractivity contribution in [3.05, 3.63) is 41.1 Å². The van der Waals surface area contributed by atoms with E-state index in [1.165, 1.54) is 6.20 Å². The van der Waals surface area contributed by atoms with E-state index >= 15 is 0 Å². The monoisotopic (exact) mass is 264 g/mol. The number of aromatic nitrogens is 2. The summed E-state index contributed by atoms with van der Waals surface area (Å²) in [5.74, 6) is 1.09. The quantitative estimate of drug-likeness (QED) is 0.875. The van der Waals surface area contributed by atoms with Gasteiger partial charge in [-0.3, -0.25) is 0 Å². The molecule has 0 amide bonds. The summed E-state index contributed by atoms with van der Waals surface area (Å²) in [4.78, 5) is 8.02. The Morgan fingerprint density at radius 1 is 1.07 bits per heavy atom. The van der Waals surface area contributed by atoms with Crippen molar-refractivity contribution in [2.45, 2.75) is 0 Å². The maximum absolute atomic E-state index is 5.43. The van der Waals surface area contributed by atoms with Crippen LogP contribution >= 0.6 is 15.9 Å². The number of rotatable bonds is 2. The van der Waals surface area contributed by atoms with Gasteiger partial charge < -0.3 is 11.1 Å². The van der Waals surface area contributed by atoms with Crippen molar-refractivity contribution < 1.29 is 0 Å². The Kier molecular flexibility index (Phi) is 2.82. The fourth-order valence-electron chi connectivity index (χ4n) is 1.08. The number of nitrogens with zero attached hydrogens (tertiary/aromatic N) is 2. The Labute approximate surface area is 95.7 Å². The molecule has 0 atom stereocenters. The molecule has 0 bridgehead atoms. The lowest BCUT2D eigenvalue weighted by Crippen LogP contribution is -1.96. The molecule has 0 saturated carbocycles. The summed E-state index contributed by atoms with van der Waals surface area (Å²) in [7, 11) is 0. The van der Waals surface area contributed by atoms with Gasteiger partial charge in [0.15, 0.2) is 0 Å². The maximum Gasteiger partial charge on any atom is 0.149 e. The molecule has 1 aromatic carbocycles. The second-order valence-electron chi connectivity index (χ2n) is 2.96. The predicted octanol–water partition coefficient (Wildman–Crippen LogP) is 2.56. The molecule has 2 aromatic rings. The summed E-state index contributed by atoms with van der Waals surface area (Å²) in [5.41, 5.74) is 6.39. The van der Waals surface area contributed by atoms with Crippen molar-refractivity contribution in [1.29, 1.82) is 0 Å². The molecule has 0 fully saturated rings. The SMILES string of the molecule is Nc1cnc(Nc2ccc(Br)cc2)cn1. The Bertz CT molecular complexity index is 394. The van der Waals surface area contributed by atoms with Crippen molar-refractivity contribution in [2.75, 3.05) is 11.1 Å². The van der Waals surface area contributed by atoms with Crippen LogP contribution in [0.1, 0.15) is 0 Å². The summed E-state index contributed by atoms with van der Waals surface area (Å²) < 4.78 is 1.04. The Hall–Kier alpha value is -1.62. The fraction of sp³-hybridized carbons (Fsp3) is 0. The van der Waals surface area contributed by atoms with Crippen LogP contribution in [-0.4, -0.2) is 9.97 Å². The fourth-order valence-corrected chi connectivity index (χ4v) is 1.35. The molecule has 1 aromatic heterocycles. The summed E-state index contributed by atoms with van der Waals surface area (Å²) >= 11 is 3.37. The minimum absolute atomic E-state index is 0.413. The highest BCUT2D eigenvalue weighted by molar-refractivity contribution is 9.10. The number of anilines is 3. The molecule has 3 N–H and O–H groups in total. The van der Waals surface area contributed by atoms with Gasteiger partial charge in [0.05, 0.1) is 12.4 Å². The van der Waals surface area contributed by atoms with E-state index in [0.29, 0.717) is 11.6 Å². The van der Waals surface area contributed by atoms with Crippen LogP contribution < -0.4 is 11.1 Å².